The van der Waals surface area contributed by atoms with Crippen molar-refractivity contribution in [1.29, 1.82) is 0 Å². The molecule has 13 heavy (non-hydrogen) atoms. The van der Waals surface area contributed by atoms with Crippen LogP contribution in [0.1, 0.15) is 39.5 Å². The normalized spacial score (nSPS) is 46.0. The van der Waals surface area contributed by atoms with Gasteiger partial charge in [0.05, 0.1) is 17.6 Å². The maximum atomic E-state index is 11.2. The van der Waals surface area contributed by atoms with Gasteiger partial charge in [-0.1, -0.05) is 6.42 Å². The van der Waals surface area contributed by atoms with Gasteiger partial charge in [-0.15, -0.1) is 0 Å². The smallest absolute Gasteiger partial charge is 0.129 e. The average Bonchev–Trinajstić information content (AvgIpc) is 2.24. The molecule has 0 bridgehead atoms. The van der Waals surface area contributed by atoms with Crippen LogP contribution in [-0.2, 0) is 9.53 Å². The van der Waals surface area contributed by atoms with Crippen molar-refractivity contribution in [2.24, 2.45) is 11.3 Å². The Labute approximate surface area is 79.7 Å². The van der Waals surface area contributed by atoms with E-state index in [-0.39, 0.29) is 17.6 Å². The van der Waals surface area contributed by atoms with Crippen LogP contribution in [0.5, 0.6) is 0 Å². The highest BCUT2D eigenvalue weighted by molar-refractivity contribution is 5.62. The van der Waals surface area contributed by atoms with Crippen LogP contribution in [-0.4, -0.2) is 18.5 Å². The molecule has 0 amide bonds. The van der Waals surface area contributed by atoms with Crippen LogP contribution in [0.4, 0.5) is 0 Å². The number of carbonyl (C=O) groups is 1. The van der Waals surface area contributed by atoms with E-state index in [9.17, 15) is 4.79 Å². The predicted molar refractivity (Wildman–Crippen MR) is 50.5 cm³/mol. The summed E-state index contributed by atoms with van der Waals surface area (Å²) in [6.07, 6.45) is 6.23. The van der Waals surface area contributed by atoms with Gasteiger partial charge in [0.15, 0.2) is 0 Å². The molecule has 1 aliphatic heterocycles. The van der Waals surface area contributed by atoms with Crippen LogP contribution in [0.25, 0.3) is 0 Å². The van der Waals surface area contributed by atoms with Crippen LogP contribution >= 0.6 is 0 Å². The minimum atomic E-state index is -0.141. The zero-order chi connectivity index (χ0) is 9.47. The molecular weight excluding hydrogens is 164 g/mol. The van der Waals surface area contributed by atoms with E-state index in [2.05, 4.69) is 13.8 Å². The molecule has 0 aromatic carbocycles. The van der Waals surface area contributed by atoms with E-state index in [0.29, 0.717) is 5.92 Å². The average molecular weight is 182 g/mol. The summed E-state index contributed by atoms with van der Waals surface area (Å²) in [5, 5.41) is 0. The molecular formula is C11H18O2. The second kappa shape index (κ2) is 3.09. The van der Waals surface area contributed by atoms with Gasteiger partial charge < -0.3 is 9.53 Å². The van der Waals surface area contributed by atoms with E-state index in [0.717, 1.165) is 6.42 Å². The number of carbonyl (C=O) groups excluding carboxylic acids is 1. The van der Waals surface area contributed by atoms with Crippen molar-refractivity contribution >= 4 is 6.29 Å². The molecule has 0 aromatic rings. The number of ether oxygens (including phenoxy) is 1. The molecule has 1 heterocycles. The van der Waals surface area contributed by atoms with Gasteiger partial charge in [0.2, 0.25) is 0 Å². The fraction of sp³-hybridized carbons (Fsp3) is 0.909. The number of aldehydes is 1. The van der Waals surface area contributed by atoms with Gasteiger partial charge in [0.1, 0.15) is 6.29 Å². The number of rotatable bonds is 2. The maximum Gasteiger partial charge on any atom is 0.129 e. The second-order valence-electron chi connectivity index (χ2n) is 4.65. The topological polar surface area (TPSA) is 26.3 Å². The van der Waals surface area contributed by atoms with Gasteiger partial charge in [-0.05, 0) is 39.0 Å². The van der Waals surface area contributed by atoms with Crippen molar-refractivity contribution < 1.29 is 9.53 Å². The zero-order valence-corrected chi connectivity index (χ0v) is 8.45. The van der Waals surface area contributed by atoms with Gasteiger partial charge in [0.25, 0.3) is 0 Å². The summed E-state index contributed by atoms with van der Waals surface area (Å²) in [7, 11) is 0. The third-order valence-corrected chi connectivity index (χ3v) is 3.92. The Balaban J connectivity index is 2.18. The lowest BCUT2D eigenvalue weighted by Crippen LogP contribution is -2.41. The van der Waals surface area contributed by atoms with Crippen LogP contribution in [0.3, 0.4) is 0 Å². The standard InChI is InChI=1S/C11H18O2/c1-8-6-11(7-12,9(2)13-8)10-4-3-5-10/h7-10H,3-6H2,1-2H3. The van der Waals surface area contributed by atoms with Crippen LogP contribution < -0.4 is 0 Å². The van der Waals surface area contributed by atoms with Gasteiger partial charge in [0, 0.05) is 0 Å². The molecule has 2 heteroatoms. The summed E-state index contributed by atoms with van der Waals surface area (Å²) >= 11 is 0. The Morgan fingerprint density at radius 2 is 2.08 bits per heavy atom. The minimum Gasteiger partial charge on any atom is -0.374 e. The molecule has 2 nitrogen and oxygen atoms in total. The van der Waals surface area contributed by atoms with Crippen molar-refractivity contribution in [3.05, 3.63) is 0 Å². The van der Waals surface area contributed by atoms with E-state index >= 15 is 0 Å². The van der Waals surface area contributed by atoms with E-state index < -0.39 is 0 Å². The Morgan fingerprint density at radius 1 is 1.38 bits per heavy atom. The van der Waals surface area contributed by atoms with Gasteiger partial charge in [-0.3, -0.25) is 0 Å². The van der Waals surface area contributed by atoms with E-state index in [1.54, 1.807) is 0 Å². The molecule has 2 fully saturated rings. The molecule has 0 aromatic heterocycles. The molecule has 1 saturated heterocycles. The van der Waals surface area contributed by atoms with Gasteiger partial charge >= 0.3 is 0 Å². The summed E-state index contributed by atoms with van der Waals surface area (Å²) in [5.41, 5.74) is -0.141. The maximum absolute atomic E-state index is 11.2. The Kier molecular flexibility index (Phi) is 2.18. The van der Waals surface area contributed by atoms with Crippen molar-refractivity contribution in [2.75, 3.05) is 0 Å². The first-order valence-electron chi connectivity index (χ1n) is 5.31. The first-order chi connectivity index (χ1) is 6.19. The third kappa shape index (κ3) is 1.23. The summed E-state index contributed by atoms with van der Waals surface area (Å²) in [6.45, 7) is 4.12. The summed E-state index contributed by atoms with van der Waals surface area (Å²) in [5.74, 6) is 0.602. The van der Waals surface area contributed by atoms with Crippen molar-refractivity contribution in [2.45, 2.75) is 51.7 Å². The molecule has 0 N–H and O–H groups in total. The lowest BCUT2D eigenvalue weighted by Gasteiger charge is -2.40. The molecule has 1 aliphatic carbocycles. The van der Waals surface area contributed by atoms with E-state index in [1.807, 2.05) is 0 Å². The van der Waals surface area contributed by atoms with Crippen LogP contribution in [0.2, 0.25) is 0 Å². The molecule has 0 spiro atoms. The quantitative estimate of drug-likeness (QED) is 0.612. The Bertz CT molecular complexity index is 206. The summed E-state index contributed by atoms with van der Waals surface area (Å²) < 4.78 is 5.69. The lowest BCUT2D eigenvalue weighted by atomic mass is 9.62. The van der Waals surface area contributed by atoms with Crippen molar-refractivity contribution in [1.82, 2.24) is 0 Å². The largest absolute Gasteiger partial charge is 0.374 e. The molecule has 74 valence electrons. The second-order valence-corrected chi connectivity index (χ2v) is 4.65. The molecule has 2 rings (SSSR count). The zero-order valence-electron chi connectivity index (χ0n) is 8.45. The van der Waals surface area contributed by atoms with E-state index in [1.165, 1.54) is 25.5 Å². The predicted octanol–water partition coefficient (Wildman–Crippen LogP) is 2.17. The fourth-order valence-electron chi connectivity index (χ4n) is 2.87. The highest BCUT2D eigenvalue weighted by atomic mass is 16.5. The highest BCUT2D eigenvalue weighted by Crippen LogP contribution is 2.50. The Morgan fingerprint density at radius 3 is 2.38 bits per heavy atom. The van der Waals surface area contributed by atoms with E-state index in [4.69, 9.17) is 4.74 Å². The minimum absolute atomic E-state index is 0.130. The molecule has 0 radical (unpaired) electrons. The van der Waals surface area contributed by atoms with Crippen molar-refractivity contribution in [3.63, 3.8) is 0 Å². The van der Waals surface area contributed by atoms with Crippen LogP contribution in [0, 0.1) is 11.3 Å². The van der Waals surface area contributed by atoms with Crippen molar-refractivity contribution in [3.8, 4) is 0 Å². The summed E-state index contributed by atoms with van der Waals surface area (Å²) in [4.78, 5) is 11.2. The molecule has 2 aliphatic rings. The lowest BCUT2D eigenvalue weighted by molar-refractivity contribution is -0.125. The first-order valence-corrected chi connectivity index (χ1v) is 5.31. The monoisotopic (exact) mass is 182 g/mol. The summed E-state index contributed by atoms with van der Waals surface area (Å²) in [6, 6.07) is 0. The van der Waals surface area contributed by atoms with Gasteiger partial charge in [-0.2, -0.15) is 0 Å². The fourth-order valence-corrected chi connectivity index (χ4v) is 2.87. The Hall–Kier alpha value is -0.370. The first kappa shape index (κ1) is 9.20. The number of hydrogen-bond donors (Lipinski definition) is 0. The SMILES string of the molecule is CC1CC(C=O)(C2CCC2)C(C)O1. The molecule has 3 atom stereocenters. The molecule has 1 saturated carbocycles. The van der Waals surface area contributed by atoms with Gasteiger partial charge in [-0.25, -0.2) is 0 Å². The molecule has 3 unspecified atom stereocenters. The van der Waals surface area contributed by atoms with Crippen LogP contribution in [0.15, 0.2) is 0 Å². The number of hydrogen-bond acceptors (Lipinski definition) is 2. The highest BCUT2D eigenvalue weighted by Gasteiger charge is 2.51. The third-order valence-electron chi connectivity index (χ3n) is 3.92.